The Morgan fingerprint density at radius 2 is 1.69 bits per heavy atom. The fourth-order valence-electron chi connectivity index (χ4n) is 6.38. The molecule has 0 unspecified atom stereocenters. The number of rotatable bonds is 9. The molecule has 7 nitrogen and oxygen atoms in total. The van der Waals surface area contributed by atoms with Crippen LogP contribution in [0.2, 0.25) is 5.02 Å². The number of methoxy groups -OCH3 is 1. The molecule has 1 amide bonds. The summed E-state index contributed by atoms with van der Waals surface area (Å²) in [5, 5.41) is 21.5. The van der Waals surface area contributed by atoms with Crippen LogP contribution in [0.15, 0.2) is 60.7 Å². The first-order valence-electron chi connectivity index (χ1n) is 14.7. The average molecular weight is 593 g/mol. The second kappa shape index (κ2) is 12.6. The lowest BCUT2D eigenvalue weighted by molar-refractivity contribution is -0.118. The molecule has 8 heteroatoms. The van der Waals surface area contributed by atoms with Crippen LogP contribution < -0.4 is 14.4 Å². The number of likely N-dealkylation sites (tertiary alicyclic amines) is 1. The number of hydrogen-bond donors (Lipinski definition) is 2. The van der Waals surface area contributed by atoms with E-state index in [-0.39, 0.29) is 31.0 Å². The SMILES string of the molecule is COc1cc2c(cc1OC(C)C)[C@H](c1ccc(Cl)cc1)N(c1ccc([C@@](C)(O)C3CCN(CCO)CC3)cc1)C(=O)C2. The first kappa shape index (κ1) is 30.4. The molecule has 2 heterocycles. The molecule has 0 spiro atoms. The van der Waals surface area contributed by atoms with Crippen molar-refractivity contribution in [1.82, 2.24) is 4.90 Å². The van der Waals surface area contributed by atoms with Gasteiger partial charge < -0.3 is 29.5 Å². The highest BCUT2D eigenvalue weighted by molar-refractivity contribution is 6.30. The first-order chi connectivity index (χ1) is 20.1. The van der Waals surface area contributed by atoms with E-state index in [1.807, 2.05) is 86.3 Å². The summed E-state index contributed by atoms with van der Waals surface area (Å²) in [5.41, 5.74) is 3.38. The van der Waals surface area contributed by atoms with Gasteiger partial charge in [-0.05, 0) is 111 Å². The van der Waals surface area contributed by atoms with Crippen molar-refractivity contribution in [3.05, 3.63) is 87.9 Å². The lowest BCUT2D eigenvalue weighted by atomic mass is 9.77. The molecule has 2 atom stereocenters. The van der Waals surface area contributed by atoms with Gasteiger partial charge in [-0.2, -0.15) is 0 Å². The van der Waals surface area contributed by atoms with Crippen LogP contribution in [-0.4, -0.2) is 60.5 Å². The zero-order chi connectivity index (χ0) is 30.0. The summed E-state index contributed by atoms with van der Waals surface area (Å²) in [7, 11) is 1.61. The molecule has 3 aromatic rings. The zero-order valence-electron chi connectivity index (χ0n) is 24.8. The van der Waals surface area contributed by atoms with E-state index in [0.29, 0.717) is 23.1 Å². The number of benzene rings is 3. The van der Waals surface area contributed by atoms with Gasteiger partial charge in [0.25, 0.3) is 0 Å². The minimum absolute atomic E-state index is 0.0298. The van der Waals surface area contributed by atoms with E-state index in [0.717, 1.165) is 53.9 Å². The summed E-state index contributed by atoms with van der Waals surface area (Å²) >= 11 is 6.25. The van der Waals surface area contributed by atoms with Crippen LogP contribution in [0.25, 0.3) is 0 Å². The van der Waals surface area contributed by atoms with Gasteiger partial charge in [0.2, 0.25) is 5.91 Å². The fraction of sp³-hybridized carbons (Fsp3) is 0.441. The largest absolute Gasteiger partial charge is 0.493 e. The van der Waals surface area contributed by atoms with E-state index in [4.69, 9.17) is 21.1 Å². The number of aliphatic hydroxyl groups is 2. The number of ether oxygens (including phenoxy) is 2. The van der Waals surface area contributed by atoms with Crippen molar-refractivity contribution in [2.45, 2.75) is 57.8 Å². The minimum Gasteiger partial charge on any atom is -0.493 e. The summed E-state index contributed by atoms with van der Waals surface area (Å²) in [6.07, 6.45) is 1.90. The summed E-state index contributed by atoms with van der Waals surface area (Å²) < 4.78 is 11.7. The van der Waals surface area contributed by atoms with Crippen LogP contribution in [0.4, 0.5) is 5.69 Å². The maximum atomic E-state index is 13.8. The van der Waals surface area contributed by atoms with Crippen LogP contribution >= 0.6 is 11.6 Å². The molecule has 0 radical (unpaired) electrons. The molecule has 224 valence electrons. The Kier molecular flexibility index (Phi) is 9.14. The number of amides is 1. The number of carbonyl (C=O) groups excluding carboxylic acids is 1. The van der Waals surface area contributed by atoms with Crippen LogP contribution in [0.5, 0.6) is 11.5 Å². The molecule has 1 fully saturated rings. The second-order valence-corrected chi connectivity index (χ2v) is 12.2. The number of nitrogens with zero attached hydrogens (tertiary/aromatic N) is 2. The standard InChI is InChI=1S/C34H41ClN2O5/c1-22(2)42-31-21-29-24(19-30(31)41-4)20-32(39)37(33(29)23-5-9-27(35)10-6-23)28-11-7-25(8-12-28)34(3,40)26-13-15-36(16-14-26)17-18-38/h5-12,19,21-22,26,33,38,40H,13-18,20H2,1-4H3/t33-,34+/m0/s1. The highest BCUT2D eigenvalue weighted by Gasteiger charge is 2.38. The third kappa shape index (κ3) is 6.16. The average Bonchev–Trinajstić information content (AvgIpc) is 2.97. The van der Waals surface area contributed by atoms with E-state index in [1.54, 1.807) is 7.11 Å². The molecule has 0 bridgehead atoms. The molecule has 2 aliphatic heterocycles. The van der Waals surface area contributed by atoms with Crippen molar-refractivity contribution in [2.75, 3.05) is 38.3 Å². The Morgan fingerprint density at radius 3 is 2.29 bits per heavy atom. The predicted molar refractivity (Wildman–Crippen MR) is 166 cm³/mol. The molecule has 2 N–H and O–H groups in total. The van der Waals surface area contributed by atoms with E-state index in [2.05, 4.69) is 4.90 Å². The minimum atomic E-state index is -1.00. The number of anilines is 1. The topological polar surface area (TPSA) is 82.5 Å². The van der Waals surface area contributed by atoms with E-state index in [9.17, 15) is 15.0 Å². The Bertz CT molecular complexity index is 1380. The molecule has 3 aromatic carbocycles. The number of piperidine rings is 1. The molecule has 5 rings (SSSR count). The smallest absolute Gasteiger partial charge is 0.232 e. The number of hydrogen-bond acceptors (Lipinski definition) is 6. The number of aliphatic hydroxyl groups excluding tert-OH is 1. The highest BCUT2D eigenvalue weighted by Crippen LogP contribution is 2.44. The van der Waals surface area contributed by atoms with Gasteiger partial charge in [0.15, 0.2) is 11.5 Å². The fourth-order valence-corrected chi connectivity index (χ4v) is 6.51. The van der Waals surface area contributed by atoms with Crippen molar-refractivity contribution in [1.29, 1.82) is 0 Å². The van der Waals surface area contributed by atoms with E-state index >= 15 is 0 Å². The van der Waals surface area contributed by atoms with Gasteiger partial charge in [-0.15, -0.1) is 0 Å². The van der Waals surface area contributed by atoms with Crippen LogP contribution in [0.3, 0.4) is 0 Å². The number of β-amino-alcohol motifs (C(OH)–C–C–N with tert-alkyl or cyclic N) is 1. The van der Waals surface area contributed by atoms with Gasteiger partial charge in [-0.1, -0.05) is 35.9 Å². The highest BCUT2D eigenvalue weighted by atomic mass is 35.5. The lowest BCUT2D eigenvalue weighted by Crippen LogP contribution is -2.43. The Balaban J connectivity index is 1.51. The quantitative estimate of drug-likeness (QED) is 0.330. The maximum Gasteiger partial charge on any atom is 0.232 e. The third-order valence-electron chi connectivity index (χ3n) is 8.67. The second-order valence-electron chi connectivity index (χ2n) is 11.8. The van der Waals surface area contributed by atoms with Gasteiger partial charge in [0, 0.05) is 17.3 Å². The van der Waals surface area contributed by atoms with Crippen molar-refractivity contribution < 1.29 is 24.5 Å². The normalized spacial score (nSPS) is 19.5. The summed E-state index contributed by atoms with van der Waals surface area (Å²) in [6.45, 7) is 8.37. The Labute approximate surface area is 253 Å². The number of fused-ring (bicyclic) bond motifs is 1. The van der Waals surface area contributed by atoms with Crippen LogP contribution in [-0.2, 0) is 16.8 Å². The van der Waals surface area contributed by atoms with Gasteiger partial charge >= 0.3 is 0 Å². The first-order valence-corrected chi connectivity index (χ1v) is 15.1. The summed E-state index contributed by atoms with van der Waals surface area (Å²) in [5.74, 6) is 1.32. The van der Waals surface area contributed by atoms with Gasteiger partial charge in [-0.25, -0.2) is 0 Å². The lowest BCUT2D eigenvalue weighted by Gasteiger charge is -2.40. The van der Waals surface area contributed by atoms with Gasteiger partial charge in [0.05, 0.1) is 37.9 Å². The molecule has 0 aliphatic carbocycles. The van der Waals surface area contributed by atoms with Crippen molar-refractivity contribution >= 4 is 23.2 Å². The predicted octanol–water partition coefficient (Wildman–Crippen LogP) is 5.73. The van der Waals surface area contributed by atoms with Crippen molar-refractivity contribution in [3.8, 4) is 11.5 Å². The molecule has 2 aliphatic rings. The zero-order valence-corrected chi connectivity index (χ0v) is 25.6. The molecule has 42 heavy (non-hydrogen) atoms. The molecule has 0 saturated carbocycles. The maximum absolute atomic E-state index is 13.8. The van der Waals surface area contributed by atoms with E-state index in [1.165, 1.54) is 0 Å². The van der Waals surface area contributed by atoms with Crippen LogP contribution in [0.1, 0.15) is 61.9 Å². The van der Waals surface area contributed by atoms with Gasteiger partial charge in [-0.3, -0.25) is 4.79 Å². The van der Waals surface area contributed by atoms with Crippen molar-refractivity contribution in [2.24, 2.45) is 5.92 Å². The molecular formula is C34H41ClN2O5. The number of carbonyl (C=O) groups is 1. The molecule has 0 aromatic heterocycles. The number of halogens is 1. The van der Waals surface area contributed by atoms with Crippen LogP contribution in [0, 0.1) is 5.92 Å². The van der Waals surface area contributed by atoms with E-state index < -0.39 is 11.6 Å². The van der Waals surface area contributed by atoms with Gasteiger partial charge in [0.1, 0.15) is 0 Å². The Morgan fingerprint density at radius 1 is 1.02 bits per heavy atom. The summed E-state index contributed by atoms with van der Waals surface area (Å²) in [4.78, 5) is 17.9. The molecule has 1 saturated heterocycles. The molecular weight excluding hydrogens is 552 g/mol. The Hall–Kier alpha value is -3.10. The summed E-state index contributed by atoms with van der Waals surface area (Å²) in [6, 6.07) is 18.9. The van der Waals surface area contributed by atoms with Crippen molar-refractivity contribution in [3.63, 3.8) is 0 Å². The monoisotopic (exact) mass is 592 g/mol. The third-order valence-corrected chi connectivity index (χ3v) is 8.92.